The van der Waals surface area contributed by atoms with Crippen molar-refractivity contribution in [3.8, 4) is 0 Å². The van der Waals surface area contributed by atoms with Gasteiger partial charge < -0.3 is 9.84 Å². The highest BCUT2D eigenvalue weighted by Gasteiger charge is 2.32. The average Bonchev–Trinajstić information content (AvgIpc) is 2.98. The summed E-state index contributed by atoms with van der Waals surface area (Å²) in [6.45, 7) is 0. The van der Waals surface area contributed by atoms with Gasteiger partial charge in [-0.3, -0.25) is 9.59 Å². The summed E-state index contributed by atoms with van der Waals surface area (Å²) < 4.78 is 5.44. The molecule has 3 aromatic rings. The number of carbonyl (C=O) groups excluding carboxylic acids is 2. The number of ketones is 2. The first-order valence-electron chi connectivity index (χ1n) is 7.71. The summed E-state index contributed by atoms with van der Waals surface area (Å²) in [7, 11) is 1.88. The van der Waals surface area contributed by atoms with E-state index < -0.39 is 0 Å². The summed E-state index contributed by atoms with van der Waals surface area (Å²) in [6, 6.07) is 9.93. The van der Waals surface area contributed by atoms with E-state index in [4.69, 9.17) is 4.52 Å². The monoisotopic (exact) mass is 308 g/mol. The number of Topliss-reactive ketones (excluding diaryl/α,β-unsaturated/α-hetero) is 2. The van der Waals surface area contributed by atoms with Gasteiger partial charge >= 0.3 is 0 Å². The second kappa shape index (κ2) is 5.19. The maximum atomic E-state index is 12.3. The van der Waals surface area contributed by atoms with Crippen LogP contribution >= 0.6 is 0 Å². The van der Waals surface area contributed by atoms with Crippen LogP contribution in [0.2, 0.25) is 0 Å². The Morgan fingerprint density at radius 3 is 2.87 bits per heavy atom. The lowest BCUT2D eigenvalue weighted by Gasteiger charge is -2.18. The summed E-state index contributed by atoms with van der Waals surface area (Å²) in [5.41, 5.74) is 2.36. The van der Waals surface area contributed by atoms with Crippen molar-refractivity contribution < 1.29 is 14.1 Å². The van der Waals surface area contributed by atoms with E-state index in [1.165, 1.54) is 0 Å². The van der Waals surface area contributed by atoms with Gasteiger partial charge in [-0.05, 0) is 35.4 Å². The first kappa shape index (κ1) is 13.9. The zero-order valence-corrected chi connectivity index (χ0v) is 12.8. The molecule has 0 amide bonds. The molecule has 0 aliphatic heterocycles. The smallest absolute Gasteiger partial charge is 0.167 e. The Kier molecular flexibility index (Phi) is 3.15. The molecule has 1 N–H and O–H groups in total. The van der Waals surface area contributed by atoms with Gasteiger partial charge in [0.05, 0.1) is 17.7 Å². The van der Waals surface area contributed by atoms with Crippen LogP contribution in [-0.4, -0.2) is 23.8 Å². The fourth-order valence-corrected chi connectivity index (χ4v) is 3.35. The van der Waals surface area contributed by atoms with Crippen LogP contribution in [0.15, 0.2) is 34.9 Å². The lowest BCUT2D eigenvalue weighted by Crippen LogP contribution is -2.23. The van der Waals surface area contributed by atoms with E-state index in [0.29, 0.717) is 24.1 Å². The molecule has 1 fully saturated rings. The Morgan fingerprint density at radius 1 is 1.22 bits per heavy atom. The van der Waals surface area contributed by atoms with Gasteiger partial charge in [0, 0.05) is 19.2 Å². The molecule has 1 heterocycles. The first-order valence-corrected chi connectivity index (χ1v) is 7.71. The minimum atomic E-state index is -0.344. The number of nitrogens with one attached hydrogen (secondary N) is 1. The number of hydrogen-bond acceptors (Lipinski definition) is 5. The first-order chi connectivity index (χ1) is 11.2. The third kappa shape index (κ3) is 2.20. The Morgan fingerprint density at radius 2 is 2.09 bits per heavy atom. The van der Waals surface area contributed by atoms with Gasteiger partial charge in [0.1, 0.15) is 17.3 Å². The molecule has 0 unspecified atom stereocenters. The van der Waals surface area contributed by atoms with Crippen molar-refractivity contribution in [2.24, 2.45) is 0 Å². The molecular weight excluding hydrogens is 292 g/mol. The van der Waals surface area contributed by atoms with Gasteiger partial charge in [-0.1, -0.05) is 17.3 Å². The number of anilines is 1. The predicted molar refractivity (Wildman–Crippen MR) is 87.7 cm³/mol. The van der Waals surface area contributed by atoms with E-state index in [2.05, 4.69) is 16.5 Å². The predicted octanol–water partition coefficient (Wildman–Crippen LogP) is 3.43. The normalized spacial score (nSPS) is 18.7. The second-order valence-corrected chi connectivity index (χ2v) is 5.97. The molecule has 1 aromatic heterocycles. The van der Waals surface area contributed by atoms with Crippen LogP contribution in [0.25, 0.3) is 21.7 Å². The maximum absolute atomic E-state index is 12.3. The molecule has 5 nitrogen and oxygen atoms in total. The molecule has 1 saturated carbocycles. The van der Waals surface area contributed by atoms with Crippen molar-refractivity contribution in [2.75, 3.05) is 12.4 Å². The van der Waals surface area contributed by atoms with E-state index >= 15 is 0 Å². The highest BCUT2D eigenvalue weighted by molar-refractivity contribution is 6.11. The van der Waals surface area contributed by atoms with Crippen LogP contribution in [0.5, 0.6) is 0 Å². The molecule has 1 aliphatic rings. The van der Waals surface area contributed by atoms with E-state index in [-0.39, 0.29) is 23.9 Å². The van der Waals surface area contributed by atoms with Crippen molar-refractivity contribution >= 4 is 39.0 Å². The van der Waals surface area contributed by atoms with Crippen molar-refractivity contribution in [2.45, 2.75) is 25.2 Å². The maximum Gasteiger partial charge on any atom is 0.167 e. The highest BCUT2D eigenvalue weighted by atomic mass is 16.5. The molecule has 116 valence electrons. The zero-order valence-electron chi connectivity index (χ0n) is 12.8. The van der Waals surface area contributed by atoms with Crippen molar-refractivity contribution in [1.29, 1.82) is 0 Å². The van der Waals surface area contributed by atoms with Crippen LogP contribution in [0.4, 0.5) is 5.69 Å². The molecule has 1 aliphatic carbocycles. The Labute approximate surface area is 132 Å². The number of hydrogen-bond donors (Lipinski definition) is 1. The van der Waals surface area contributed by atoms with Gasteiger partial charge in [-0.2, -0.15) is 0 Å². The SMILES string of the molecule is CNc1ccc2c(ccc3onc([C@@H]4CCC(=O)CC4=O)c32)c1. The molecule has 0 spiro atoms. The summed E-state index contributed by atoms with van der Waals surface area (Å²) in [5.74, 6) is -0.383. The van der Waals surface area contributed by atoms with Crippen LogP contribution in [0.3, 0.4) is 0 Å². The number of benzene rings is 2. The van der Waals surface area contributed by atoms with Crippen LogP contribution in [0, 0.1) is 0 Å². The molecule has 1 atom stereocenters. The zero-order chi connectivity index (χ0) is 16.0. The quantitative estimate of drug-likeness (QED) is 0.734. The minimum absolute atomic E-state index is 0.00763. The molecule has 0 radical (unpaired) electrons. The Bertz CT molecular complexity index is 942. The molecule has 23 heavy (non-hydrogen) atoms. The Hall–Kier alpha value is -2.69. The lowest BCUT2D eigenvalue weighted by atomic mass is 9.83. The van der Waals surface area contributed by atoms with Gasteiger partial charge in [0.25, 0.3) is 0 Å². The summed E-state index contributed by atoms with van der Waals surface area (Å²) in [5, 5.41) is 10.3. The van der Waals surface area contributed by atoms with Crippen molar-refractivity contribution in [3.63, 3.8) is 0 Å². The number of aromatic nitrogens is 1. The van der Waals surface area contributed by atoms with Crippen LogP contribution in [-0.2, 0) is 9.59 Å². The van der Waals surface area contributed by atoms with E-state index in [0.717, 1.165) is 21.8 Å². The summed E-state index contributed by atoms with van der Waals surface area (Å²) >= 11 is 0. The fraction of sp³-hybridized carbons (Fsp3) is 0.278. The molecule has 2 aromatic carbocycles. The van der Waals surface area contributed by atoms with E-state index in [9.17, 15) is 9.59 Å². The van der Waals surface area contributed by atoms with Gasteiger partial charge in [-0.25, -0.2) is 0 Å². The minimum Gasteiger partial charge on any atom is -0.388 e. The second-order valence-electron chi connectivity index (χ2n) is 5.97. The third-order valence-electron chi connectivity index (χ3n) is 4.57. The number of rotatable bonds is 2. The number of carbonyl (C=O) groups is 2. The van der Waals surface area contributed by atoms with Gasteiger partial charge in [-0.15, -0.1) is 0 Å². The number of fused-ring (bicyclic) bond motifs is 3. The molecule has 4 rings (SSSR count). The fourth-order valence-electron chi connectivity index (χ4n) is 3.35. The van der Waals surface area contributed by atoms with Gasteiger partial charge in [0.15, 0.2) is 5.58 Å². The molecule has 0 bridgehead atoms. The van der Waals surface area contributed by atoms with Crippen molar-refractivity contribution in [3.05, 3.63) is 36.0 Å². The van der Waals surface area contributed by atoms with Crippen LogP contribution in [0.1, 0.15) is 30.9 Å². The third-order valence-corrected chi connectivity index (χ3v) is 4.57. The summed E-state index contributed by atoms with van der Waals surface area (Å²) in [4.78, 5) is 23.7. The molecule has 0 saturated heterocycles. The highest BCUT2D eigenvalue weighted by Crippen LogP contribution is 2.37. The lowest BCUT2D eigenvalue weighted by molar-refractivity contribution is -0.130. The topological polar surface area (TPSA) is 72.2 Å². The van der Waals surface area contributed by atoms with Gasteiger partial charge in [0.2, 0.25) is 0 Å². The molecular formula is C18H16N2O3. The summed E-state index contributed by atoms with van der Waals surface area (Å²) in [6.07, 6.45) is 0.956. The number of nitrogens with zero attached hydrogens (tertiary/aromatic N) is 1. The van der Waals surface area contributed by atoms with E-state index in [1.807, 2.05) is 31.3 Å². The average molecular weight is 308 g/mol. The van der Waals surface area contributed by atoms with Crippen LogP contribution < -0.4 is 5.32 Å². The Balaban J connectivity index is 1.92. The van der Waals surface area contributed by atoms with Crippen molar-refractivity contribution in [1.82, 2.24) is 5.16 Å². The van der Waals surface area contributed by atoms with E-state index in [1.54, 1.807) is 0 Å². The molecule has 5 heteroatoms. The largest absolute Gasteiger partial charge is 0.388 e. The standard InChI is InChI=1S/C18H16N2O3/c1-19-11-3-5-13-10(8-11)2-7-16-17(13)18(20-23-16)14-6-4-12(21)9-15(14)22/h2-3,5,7-8,14,19H,4,6,9H2,1H3/t14-/m1/s1.